The van der Waals surface area contributed by atoms with Crippen LogP contribution in [0.15, 0.2) is 29.2 Å². The second kappa shape index (κ2) is 8.70. The first-order valence-electron chi connectivity index (χ1n) is 8.17. The van der Waals surface area contributed by atoms with Gasteiger partial charge in [0.25, 0.3) is 0 Å². The van der Waals surface area contributed by atoms with E-state index in [2.05, 4.69) is 0 Å². The van der Waals surface area contributed by atoms with Crippen LogP contribution in [0.1, 0.15) is 6.92 Å². The van der Waals surface area contributed by atoms with E-state index >= 15 is 0 Å². The predicted molar refractivity (Wildman–Crippen MR) is 96.4 cm³/mol. The van der Waals surface area contributed by atoms with Crippen LogP contribution in [0.25, 0.3) is 0 Å². The Balaban J connectivity index is 1.93. The molecule has 0 aliphatic carbocycles. The minimum Gasteiger partial charge on any atom is -0.450 e. The van der Waals surface area contributed by atoms with E-state index in [0.29, 0.717) is 37.8 Å². The highest BCUT2D eigenvalue weighted by atomic mass is 35.5. The second-order valence-corrected chi connectivity index (χ2v) is 8.26. The fourth-order valence-corrected chi connectivity index (χ4v) is 3.76. The number of benzene rings is 1. The number of ether oxygens (including phenoxy) is 1. The summed E-state index contributed by atoms with van der Waals surface area (Å²) in [5.41, 5.74) is 0. The van der Waals surface area contributed by atoms with Crippen molar-refractivity contribution in [3.8, 4) is 0 Å². The molecule has 0 atom stereocenters. The first-order chi connectivity index (χ1) is 12.3. The summed E-state index contributed by atoms with van der Waals surface area (Å²) in [6.07, 6.45) is -0.401. The van der Waals surface area contributed by atoms with E-state index in [0.717, 1.165) is 4.31 Å². The van der Waals surface area contributed by atoms with Gasteiger partial charge in [0.15, 0.2) is 0 Å². The van der Waals surface area contributed by atoms with Crippen molar-refractivity contribution < 1.29 is 22.7 Å². The third kappa shape index (κ3) is 4.87. The summed E-state index contributed by atoms with van der Waals surface area (Å²) >= 11 is 5.77. The number of amides is 2. The summed E-state index contributed by atoms with van der Waals surface area (Å²) in [5, 5.41) is 0.433. The molecule has 0 bridgehead atoms. The number of carbonyl (C=O) groups excluding carboxylic acids is 2. The number of carbonyl (C=O) groups is 2. The van der Waals surface area contributed by atoms with Crippen molar-refractivity contribution >= 4 is 33.6 Å². The molecule has 1 heterocycles. The van der Waals surface area contributed by atoms with Crippen LogP contribution in [0.5, 0.6) is 0 Å². The van der Waals surface area contributed by atoms with Crippen LogP contribution >= 0.6 is 11.6 Å². The lowest BCUT2D eigenvalue weighted by Crippen LogP contribution is -2.52. The van der Waals surface area contributed by atoms with E-state index < -0.39 is 16.1 Å². The van der Waals surface area contributed by atoms with E-state index in [4.69, 9.17) is 16.3 Å². The number of likely N-dealkylation sites (N-methyl/N-ethyl adjacent to an activating group) is 1. The molecule has 0 saturated carbocycles. The average Bonchev–Trinajstić information content (AvgIpc) is 2.62. The van der Waals surface area contributed by atoms with E-state index in [1.165, 1.54) is 36.2 Å². The molecule has 8 nitrogen and oxygen atoms in total. The van der Waals surface area contributed by atoms with Crippen molar-refractivity contribution in [3.05, 3.63) is 29.3 Å². The monoisotopic (exact) mass is 403 g/mol. The minimum absolute atomic E-state index is 0.0735. The molecule has 1 saturated heterocycles. The van der Waals surface area contributed by atoms with Gasteiger partial charge in [-0.05, 0) is 31.2 Å². The Morgan fingerprint density at radius 3 is 2.19 bits per heavy atom. The van der Waals surface area contributed by atoms with Crippen LogP contribution in [0.3, 0.4) is 0 Å². The van der Waals surface area contributed by atoms with Crippen molar-refractivity contribution in [2.75, 3.05) is 46.4 Å². The van der Waals surface area contributed by atoms with E-state index in [-0.39, 0.29) is 17.3 Å². The molecule has 10 heteroatoms. The number of hydrogen-bond acceptors (Lipinski definition) is 5. The third-order valence-corrected chi connectivity index (χ3v) is 6.11. The molecular weight excluding hydrogens is 382 g/mol. The third-order valence-electron chi connectivity index (χ3n) is 4.04. The van der Waals surface area contributed by atoms with E-state index in [9.17, 15) is 18.0 Å². The normalized spacial score (nSPS) is 15.2. The van der Waals surface area contributed by atoms with Gasteiger partial charge in [0, 0.05) is 38.2 Å². The summed E-state index contributed by atoms with van der Waals surface area (Å²) in [6, 6.07) is 5.77. The van der Waals surface area contributed by atoms with Crippen molar-refractivity contribution in [2.45, 2.75) is 11.8 Å². The van der Waals surface area contributed by atoms with Gasteiger partial charge >= 0.3 is 6.09 Å². The number of rotatable bonds is 5. The first-order valence-corrected chi connectivity index (χ1v) is 9.99. The van der Waals surface area contributed by atoms with Gasteiger partial charge in [-0.3, -0.25) is 4.79 Å². The summed E-state index contributed by atoms with van der Waals surface area (Å²) < 4.78 is 31.0. The fourth-order valence-electron chi connectivity index (χ4n) is 2.52. The zero-order valence-electron chi connectivity index (χ0n) is 14.7. The van der Waals surface area contributed by atoms with Gasteiger partial charge in [0.1, 0.15) is 0 Å². The smallest absolute Gasteiger partial charge is 0.409 e. The number of halogens is 1. The Morgan fingerprint density at radius 1 is 1.12 bits per heavy atom. The molecule has 0 spiro atoms. The zero-order chi connectivity index (χ0) is 19.3. The Bertz CT molecular complexity index is 746. The van der Waals surface area contributed by atoms with E-state index in [1.54, 1.807) is 11.8 Å². The molecule has 1 aromatic carbocycles. The van der Waals surface area contributed by atoms with Gasteiger partial charge in [-0.2, -0.15) is 4.31 Å². The van der Waals surface area contributed by atoms with Gasteiger partial charge in [-0.25, -0.2) is 13.2 Å². The molecule has 0 N–H and O–H groups in total. The van der Waals surface area contributed by atoms with Gasteiger partial charge < -0.3 is 14.5 Å². The van der Waals surface area contributed by atoms with Crippen LogP contribution in [-0.4, -0.2) is 80.9 Å². The van der Waals surface area contributed by atoms with Gasteiger partial charge in [0.2, 0.25) is 15.9 Å². The molecule has 144 valence electrons. The Morgan fingerprint density at radius 2 is 1.65 bits per heavy atom. The van der Waals surface area contributed by atoms with Gasteiger partial charge in [0.05, 0.1) is 18.0 Å². The maximum atomic E-state index is 12.5. The molecule has 0 aromatic heterocycles. The lowest BCUT2D eigenvalue weighted by Gasteiger charge is -2.34. The molecule has 1 aliphatic heterocycles. The molecule has 1 aliphatic rings. The van der Waals surface area contributed by atoms with Crippen molar-refractivity contribution in [3.63, 3.8) is 0 Å². The summed E-state index contributed by atoms with van der Waals surface area (Å²) in [4.78, 5) is 27.2. The summed E-state index contributed by atoms with van der Waals surface area (Å²) in [5.74, 6) is -0.312. The SMILES string of the molecule is CCOC(=O)N1CCN(C(=O)CN(C)S(=O)(=O)c2ccc(Cl)cc2)CC1. The molecular formula is C16H22ClN3O5S. The molecule has 0 radical (unpaired) electrons. The van der Waals surface area contributed by atoms with Crippen LogP contribution < -0.4 is 0 Å². The topological polar surface area (TPSA) is 87.2 Å². The van der Waals surface area contributed by atoms with Gasteiger partial charge in [-0.15, -0.1) is 0 Å². The Hall–Kier alpha value is -1.84. The number of sulfonamides is 1. The molecule has 1 fully saturated rings. The first kappa shape index (κ1) is 20.5. The number of nitrogens with zero attached hydrogens (tertiary/aromatic N) is 3. The quantitative estimate of drug-likeness (QED) is 0.738. The lowest BCUT2D eigenvalue weighted by molar-refractivity contribution is -0.132. The van der Waals surface area contributed by atoms with Crippen LogP contribution in [0.4, 0.5) is 4.79 Å². The molecule has 1 aromatic rings. The minimum atomic E-state index is -3.78. The largest absolute Gasteiger partial charge is 0.450 e. The average molecular weight is 404 g/mol. The summed E-state index contributed by atoms with van der Waals surface area (Å²) in [7, 11) is -2.42. The van der Waals surface area contributed by atoms with Crippen LogP contribution in [0, 0.1) is 0 Å². The molecule has 26 heavy (non-hydrogen) atoms. The zero-order valence-corrected chi connectivity index (χ0v) is 16.3. The number of hydrogen-bond donors (Lipinski definition) is 0. The lowest BCUT2D eigenvalue weighted by atomic mass is 10.3. The van der Waals surface area contributed by atoms with Crippen LogP contribution in [-0.2, 0) is 19.6 Å². The molecule has 2 amide bonds. The highest BCUT2D eigenvalue weighted by molar-refractivity contribution is 7.89. The maximum Gasteiger partial charge on any atom is 0.409 e. The Kier molecular flexibility index (Phi) is 6.85. The molecule has 2 rings (SSSR count). The summed E-state index contributed by atoms with van der Waals surface area (Å²) in [6.45, 7) is 3.15. The highest BCUT2D eigenvalue weighted by Gasteiger charge is 2.28. The standard InChI is InChI=1S/C16H22ClN3O5S/c1-3-25-16(22)20-10-8-19(9-11-20)15(21)12-18(2)26(23,24)14-6-4-13(17)5-7-14/h4-7H,3,8-12H2,1-2H3. The van der Waals surface area contributed by atoms with Crippen LogP contribution in [0.2, 0.25) is 5.02 Å². The fraction of sp³-hybridized carbons (Fsp3) is 0.500. The Labute approximate surface area is 158 Å². The molecule has 0 unspecified atom stereocenters. The van der Waals surface area contributed by atoms with E-state index in [1.807, 2.05) is 0 Å². The van der Waals surface area contributed by atoms with Gasteiger partial charge in [-0.1, -0.05) is 11.6 Å². The van der Waals surface area contributed by atoms with Crippen molar-refractivity contribution in [1.29, 1.82) is 0 Å². The number of piperazine rings is 1. The highest BCUT2D eigenvalue weighted by Crippen LogP contribution is 2.17. The van der Waals surface area contributed by atoms with Crippen molar-refractivity contribution in [2.24, 2.45) is 0 Å². The second-order valence-electron chi connectivity index (χ2n) is 5.78. The predicted octanol–water partition coefficient (Wildman–Crippen LogP) is 1.26. The van der Waals surface area contributed by atoms with Crippen molar-refractivity contribution in [1.82, 2.24) is 14.1 Å². The maximum absolute atomic E-state index is 12.5.